The van der Waals surface area contributed by atoms with Crippen LogP contribution in [0.5, 0.6) is 0 Å². The Bertz CT molecular complexity index is 872. The summed E-state index contributed by atoms with van der Waals surface area (Å²) in [5.74, 6) is 3.31. The average molecular weight is 334 g/mol. The molecule has 25 heavy (non-hydrogen) atoms. The van der Waals surface area contributed by atoms with Crippen molar-refractivity contribution in [1.29, 1.82) is 0 Å². The van der Waals surface area contributed by atoms with Crippen molar-refractivity contribution >= 4 is 5.82 Å². The standard InChI is InChI=1S/C19H22N6/c1-14-11-19(22-13-21-14)24-9-4-5-16(12-24)17-6-3-7-18(23-17)25-10-8-20-15(25)2/h3,6-8,10-11,13,16H,4-5,9,12H2,1-2H3/t16-/m0/s1. The number of piperidine rings is 1. The first-order chi connectivity index (χ1) is 12.2. The van der Waals surface area contributed by atoms with Crippen LogP contribution in [0.25, 0.3) is 5.82 Å². The van der Waals surface area contributed by atoms with Crippen LogP contribution in [0.2, 0.25) is 0 Å². The van der Waals surface area contributed by atoms with E-state index in [2.05, 4.69) is 38.1 Å². The van der Waals surface area contributed by atoms with Gasteiger partial charge >= 0.3 is 0 Å². The number of aromatic nitrogens is 5. The lowest BCUT2D eigenvalue weighted by Crippen LogP contribution is -2.35. The molecule has 0 bridgehead atoms. The maximum atomic E-state index is 4.91. The second-order valence-corrected chi connectivity index (χ2v) is 6.57. The molecule has 0 radical (unpaired) electrons. The van der Waals surface area contributed by atoms with Crippen molar-refractivity contribution in [2.24, 2.45) is 0 Å². The molecular weight excluding hydrogens is 312 g/mol. The Morgan fingerprint density at radius 2 is 2.00 bits per heavy atom. The summed E-state index contributed by atoms with van der Waals surface area (Å²) in [5.41, 5.74) is 2.14. The smallest absolute Gasteiger partial charge is 0.138 e. The number of imidazole rings is 1. The minimum Gasteiger partial charge on any atom is -0.356 e. The van der Waals surface area contributed by atoms with Crippen molar-refractivity contribution in [2.75, 3.05) is 18.0 Å². The van der Waals surface area contributed by atoms with Gasteiger partial charge in [-0.1, -0.05) is 6.07 Å². The second kappa shape index (κ2) is 6.63. The second-order valence-electron chi connectivity index (χ2n) is 6.57. The van der Waals surface area contributed by atoms with Gasteiger partial charge in [-0.05, 0) is 38.8 Å². The van der Waals surface area contributed by atoms with Gasteiger partial charge in [0.15, 0.2) is 0 Å². The first kappa shape index (κ1) is 15.7. The van der Waals surface area contributed by atoms with Gasteiger partial charge in [-0.3, -0.25) is 4.57 Å². The van der Waals surface area contributed by atoms with E-state index in [4.69, 9.17) is 4.98 Å². The van der Waals surface area contributed by atoms with E-state index in [1.165, 1.54) is 0 Å². The summed E-state index contributed by atoms with van der Waals surface area (Å²) >= 11 is 0. The largest absolute Gasteiger partial charge is 0.356 e. The number of hydrogen-bond donors (Lipinski definition) is 0. The molecular formula is C19H22N6. The van der Waals surface area contributed by atoms with Crippen LogP contribution in [0.4, 0.5) is 5.82 Å². The fourth-order valence-electron chi connectivity index (χ4n) is 3.46. The zero-order valence-corrected chi connectivity index (χ0v) is 14.6. The Morgan fingerprint density at radius 3 is 2.80 bits per heavy atom. The Balaban J connectivity index is 1.58. The highest BCUT2D eigenvalue weighted by molar-refractivity contribution is 5.40. The topological polar surface area (TPSA) is 59.7 Å². The molecule has 3 aromatic rings. The average Bonchev–Trinajstić information content (AvgIpc) is 3.08. The normalized spacial score (nSPS) is 17.7. The highest BCUT2D eigenvalue weighted by atomic mass is 15.2. The molecule has 6 nitrogen and oxygen atoms in total. The Hall–Kier alpha value is -2.76. The van der Waals surface area contributed by atoms with E-state index in [0.29, 0.717) is 5.92 Å². The van der Waals surface area contributed by atoms with Gasteiger partial charge in [0, 0.05) is 48.9 Å². The SMILES string of the molecule is Cc1cc(N2CCC[C@H](c3cccc(-n4ccnc4C)n3)C2)ncn1. The summed E-state index contributed by atoms with van der Waals surface area (Å²) in [6, 6.07) is 8.31. The summed E-state index contributed by atoms with van der Waals surface area (Å²) in [6.07, 6.45) is 7.71. The van der Waals surface area contributed by atoms with Crippen LogP contribution < -0.4 is 4.90 Å². The first-order valence-electron chi connectivity index (χ1n) is 8.71. The third kappa shape index (κ3) is 3.24. The summed E-state index contributed by atoms with van der Waals surface area (Å²) < 4.78 is 2.03. The molecule has 0 spiro atoms. The van der Waals surface area contributed by atoms with Gasteiger partial charge in [0.2, 0.25) is 0 Å². The summed E-state index contributed by atoms with van der Waals surface area (Å²) in [7, 11) is 0. The third-order valence-electron chi connectivity index (χ3n) is 4.78. The van der Waals surface area contributed by atoms with Crippen molar-refractivity contribution in [3.8, 4) is 5.82 Å². The number of nitrogens with zero attached hydrogens (tertiary/aromatic N) is 6. The van der Waals surface area contributed by atoms with E-state index in [9.17, 15) is 0 Å². The lowest BCUT2D eigenvalue weighted by atomic mass is 9.94. The highest BCUT2D eigenvalue weighted by Gasteiger charge is 2.23. The predicted molar refractivity (Wildman–Crippen MR) is 97.1 cm³/mol. The third-order valence-corrected chi connectivity index (χ3v) is 4.78. The van der Waals surface area contributed by atoms with Crippen LogP contribution in [-0.4, -0.2) is 37.6 Å². The van der Waals surface area contributed by atoms with Crippen LogP contribution in [-0.2, 0) is 0 Å². The Kier molecular flexibility index (Phi) is 4.17. The van der Waals surface area contributed by atoms with Gasteiger partial charge in [0.05, 0.1) is 0 Å². The van der Waals surface area contributed by atoms with Gasteiger partial charge < -0.3 is 4.90 Å². The molecule has 1 aliphatic rings. The number of aryl methyl sites for hydroxylation is 2. The van der Waals surface area contributed by atoms with E-state index >= 15 is 0 Å². The molecule has 1 saturated heterocycles. The molecule has 128 valence electrons. The van der Waals surface area contributed by atoms with E-state index in [1.807, 2.05) is 36.9 Å². The van der Waals surface area contributed by atoms with Gasteiger partial charge in [-0.25, -0.2) is 19.9 Å². The van der Waals surface area contributed by atoms with Crippen molar-refractivity contribution < 1.29 is 0 Å². The minimum absolute atomic E-state index is 0.410. The summed E-state index contributed by atoms with van der Waals surface area (Å²) in [5, 5.41) is 0. The van der Waals surface area contributed by atoms with Crippen molar-refractivity contribution in [3.05, 3.63) is 60.2 Å². The van der Waals surface area contributed by atoms with Gasteiger partial charge in [-0.2, -0.15) is 0 Å². The molecule has 0 aliphatic carbocycles. The molecule has 4 rings (SSSR count). The van der Waals surface area contributed by atoms with Crippen molar-refractivity contribution in [3.63, 3.8) is 0 Å². The molecule has 0 amide bonds. The zero-order valence-electron chi connectivity index (χ0n) is 14.6. The maximum Gasteiger partial charge on any atom is 0.138 e. The van der Waals surface area contributed by atoms with Crippen LogP contribution in [0.15, 0.2) is 43.0 Å². The molecule has 1 atom stereocenters. The highest BCUT2D eigenvalue weighted by Crippen LogP contribution is 2.28. The number of hydrogen-bond acceptors (Lipinski definition) is 5. The van der Waals surface area contributed by atoms with Crippen molar-refractivity contribution in [1.82, 2.24) is 24.5 Å². The minimum atomic E-state index is 0.410. The lowest BCUT2D eigenvalue weighted by molar-refractivity contribution is 0.498. The molecule has 0 unspecified atom stereocenters. The van der Waals surface area contributed by atoms with E-state index < -0.39 is 0 Å². The molecule has 4 heterocycles. The quantitative estimate of drug-likeness (QED) is 0.737. The van der Waals surface area contributed by atoms with E-state index in [0.717, 1.165) is 54.8 Å². The first-order valence-corrected chi connectivity index (χ1v) is 8.71. The fraction of sp³-hybridized carbons (Fsp3) is 0.368. The summed E-state index contributed by atoms with van der Waals surface area (Å²) in [4.78, 5) is 20.2. The van der Waals surface area contributed by atoms with Gasteiger partial charge in [0.25, 0.3) is 0 Å². The number of pyridine rings is 1. The molecule has 0 aromatic carbocycles. The predicted octanol–water partition coefficient (Wildman–Crippen LogP) is 3.06. The monoisotopic (exact) mass is 334 g/mol. The summed E-state index contributed by atoms with van der Waals surface area (Å²) in [6.45, 7) is 5.97. The van der Waals surface area contributed by atoms with Gasteiger partial charge in [-0.15, -0.1) is 0 Å². The molecule has 3 aromatic heterocycles. The molecule has 0 saturated carbocycles. The number of anilines is 1. The maximum absolute atomic E-state index is 4.91. The molecule has 1 fully saturated rings. The zero-order chi connectivity index (χ0) is 17.2. The van der Waals surface area contributed by atoms with Crippen molar-refractivity contribution in [2.45, 2.75) is 32.6 Å². The van der Waals surface area contributed by atoms with Crippen LogP contribution >= 0.6 is 0 Å². The van der Waals surface area contributed by atoms with E-state index in [1.54, 1.807) is 6.33 Å². The Morgan fingerprint density at radius 1 is 1.08 bits per heavy atom. The van der Waals surface area contributed by atoms with Crippen LogP contribution in [0.1, 0.15) is 36.0 Å². The molecule has 0 N–H and O–H groups in total. The Labute approximate surface area is 147 Å². The molecule has 6 heteroatoms. The van der Waals surface area contributed by atoms with Gasteiger partial charge in [0.1, 0.15) is 23.8 Å². The van der Waals surface area contributed by atoms with Crippen LogP contribution in [0, 0.1) is 13.8 Å². The molecule has 1 aliphatic heterocycles. The van der Waals surface area contributed by atoms with Crippen LogP contribution in [0.3, 0.4) is 0 Å². The number of rotatable bonds is 3. The lowest BCUT2D eigenvalue weighted by Gasteiger charge is -2.33. The fourth-order valence-corrected chi connectivity index (χ4v) is 3.46. The van der Waals surface area contributed by atoms with E-state index in [-0.39, 0.29) is 0 Å².